The van der Waals surface area contributed by atoms with E-state index in [0.717, 1.165) is 5.56 Å². The number of nitrogens with zero attached hydrogens (tertiary/aromatic N) is 2. The van der Waals surface area contributed by atoms with Gasteiger partial charge in [0.2, 0.25) is 11.2 Å². The predicted octanol–water partition coefficient (Wildman–Crippen LogP) is 6.73. The van der Waals surface area contributed by atoms with Crippen LogP contribution in [0.25, 0.3) is 21.5 Å². The van der Waals surface area contributed by atoms with E-state index in [2.05, 4.69) is 106 Å². The van der Waals surface area contributed by atoms with Gasteiger partial charge in [-0.25, -0.2) is 4.58 Å². The number of fused-ring (bicyclic) bond motifs is 13. The zero-order valence-electron chi connectivity index (χ0n) is 23.2. The van der Waals surface area contributed by atoms with Gasteiger partial charge in [0.15, 0.2) is 5.54 Å². The van der Waals surface area contributed by atoms with Gasteiger partial charge in [-0.3, -0.25) is 0 Å². The second-order valence-corrected chi connectivity index (χ2v) is 14.1. The van der Waals surface area contributed by atoms with E-state index in [0.29, 0.717) is 0 Å². The Morgan fingerprint density at radius 2 is 1.72 bits per heavy atom. The van der Waals surface area contributed by atoms with Gasteiger partial charge >= 0.3 is 0 Å². The molecule has 3 heterocycles. The minimum absolute atomic E-state index is 0.0522. The van der Waals surface area contributed by atoms with Crippen LogP contribution in [0.1, 0.15) is 62.8 Å². The molecule has 0 spiro atoms. The number of hydrogen-bond donors (Lipinski definition) is 1. The number of benzene rings is 4. The van der Waals surface area contributed by atoms with Crippen LogP contribution >= 0.6 is 11.8 Å². The second-order valence-electron chi connectivity index (χ2n) is 12.9. The van der Waals surface area contributed by atoms with Crippen LogP contribution in [-0.4, -0.2) is 45.5 Å². The van der Waals surface area contributed by atoms with Crippen LogP contribution < -0.4 is 0 Å². The maximum absolute atomic E-state index is 12.1. The molecule has 0 radical (unpaired) electrons. The molecule has 5 unspecified atom stereocenters. The highest BCUT2D eigenvalue weighted by molar-refractivity contribution is 8.00. The molecule has 4 aromatic carbocycles. The van der Waals surface area contributed by atoms with E-state index in [1.807, 2.05) is 18.1 Å². The minimum Gasteiger partial charge on any atom is -0.361 e. The molecule has 3 aliphatic heterocycles. The molecule has 4 aliphatic rings. The van der Waals surface area contributed by atoms with Crippen molar-refractivity contribution in [3.05, 3.63) is 89.0 Å². The lowest BCUT2D eigenvalue weighted by Crippen LogP contribution is -2.48. The van der Waals surface area contributed by atoms with Crippen molar-refractivity contribution in [1.29, 1.82) is 0 Å². The molecule has 4 nitrogen and oxygen atoms in total. The maximum Gasteiger partial charge on any atom is 0.282 e. The van der Waals surface area contributed by atoms with Crippen molar-refractivity contribution in [1.82, 2.24) is 0 Å². The first-order chi connectivity index (χ1) is 18.6. The summed E-state index contributed by atoms with van der Waals surface area (Å²) in [5, 5.41) is 17.1. The first kappa shape index (κ1) is 23.9. The SMILES string of the molecule is COC1(O)C2(C)c3ccc4cc(C(C)(C)C)ccc4c3C3=[N+](C=NC4Sc5ccc6ccccc6c5C34)C12C. The van der Waals surface area contributed by atoms with Crippen LogP contribution in [0.3, 0.4) is 0 Å². The first-order valence-corrected chi connectivity index (χ1v) is 14.7. The number of rotatable bonds is 1. The molecule has 1 aliphatic carbocycles. The summed E-state index contributed by atoms with van der Waals surface area (Å²) < 4.78 is 8.24. The monoisotopic (exact) mass is 533 g/mol. The number of methoxy groups -OCH3 is 1. The molecule has 1 fully saturated rings. The average molecular weight is 534 g/mol. The fourth-order valence-corrected chi connectivity index (χ4v) is 9.26. The molecule has 1 N–H and O–H groups in total. The van der Waals surface area contributed by atoms with Crippen LogP contribution in [0.15, 0.2) is 76.6 Å². The molecule has 196 valence electrons. The molecule has 8 rings (SSSR count). The summed E-state index contributed by atoms with van der Waals surface area (Å²) >= 11 is 1.86. The van der Waals surface area contributed by atoms with Crippen LogP contribution in [0.5, 0.6) is 0 Å². The topological polar surface area (TPSA) is 44.8 Å². The van der Waals surface area contributed by atoms with Crippen molar-refractivity contribution in [2.75, 3.05) is 7.11 Å². The summed E-state index contributed by atoms with van der Waals surface area (Å²) in [6, 6.07) is 24.6. The van der Waals surface area contributed by atoms with E-state index in [-0.39, 0.29) is 16.7 Å². The quantitative estimate of drug-likeness (QED) is 0.218. The van der Waals surface area contributed by atoms with Crippen molar-refractivity contribution in [3.8, 4) is 0 Å². The Hall–Kier alpha value is -2.99. The Kier molecular flexibility index (Phi) is 4.40. The Labute approximate surface area is 233 Å². The summed E-state index contributed by atoms with van der Waals surface area (Å²) in [7, 11) is 1.63. The highest BCUT2D eigenvalue weighted by Crippen LogP contribution is 2.71. The fourth-order valence-electron chi connectivity index (χ4n) is 7.97. The van der Waals surface area contributed by atoms with Crippen molar-refractivity contribution < 1.29 is 14.4 Å². The van der Waals surface area contributed by atoms with E-state index < -0.39 is 16.7 Å². The summed E-state index contributed by atoms with van der Waals surface area (Å²) in [4.78, 5) is 6.42. The molecular weight excluding hydrogens is 500 g/mol. The summed E-state index contributed by atoms with van der Waals surface area (Å²) in [6.07, 6.45) is 1.98. The Bertz CT molecular complexity index is 1830. The van der Waals surface area contributed by atoms with Gasteiger partial charge < -0.3 is 9.84 Å². The van der Waals surface area contributed by atoms with Crippen molar-refractivity contribution in [2.24, 2.45) is 4.99 Å². The van der Waals surface area contributed by atoms with Gasteiger partial charge in [0.05, 0.1) is 0 Å². The Balaban J connectivity index is 1.49. The van der Waals surface area contributed by atoms with E-state index >= 15 is 0 Å². The van der Waals surface area contributed by atoms with E-state index in [4.69, 9.17) is 9.73 Å². The smallest absolute Gasteiger partial charge is 0.282 e. The molecule has 0 saturated heterocycles. The number of aliphatic imine (C=N–C) groups is 1. The molecule has 5 heteroatoms. The zero-order valence-corrected chi connectivity index (χ0v) is 24.1. The maximum atomic E-state index is 12.1. The summed E-state index contributed by atoms with van der Waals surface area (Å²) in [5.41, 5.74) is 5.05. The van der Waals surface area contributed by atoms with Gasteiger partial charge in [0.25, 0.3) is 6.34 Å². The van der Waals surface area contributed by atoms with Crippen molar-refractivity contribution in [3.63, 3.8) is 0 Å². The number of ether oxygens (including phenoxy) is 1. The number of thioether (sulfide) groups is 1. The van der Waals surface area contributed by atoms with Gasteiger partial charge in [-0.1, -0.05) is 98.2 Å². The van der Waals surface area contributed by atoms with Gasteiger partial charge in [-0.05, 0) is 63.6 Å². The average Bonchev–Trinajstić information content (AvgIpc) is 3.17. The first-order valence-electron chi connectivity index (χ1n) is 13.8. The molecule has 4 aromatic rings. The lowest BCUT2D eigenvalue weighted by Gasteiger charge is -2.33. The predicted molar refractivity (Wildman–Crippen MR) is 160 cm³/mol. The van der Waals surface area contributed by atoms with E-state index in [9.17, 15) is 5.11 Å². The molecular formula is C34H33N2O2S+. The normalized spacial score (nSPS) is 32.1. The lowest BCUT2D eigenvalue weighted by atomic mass is 9.75. The van der Waals surface area contributed by atoms with Gasteiger partial charge in [-0.2, -0.15) is 0 Å². The van der Waals surface area contributed by atoms with Crippen LogP contribution in [-0.2, 0) is 15.6 Å². The molecule has 5 atom stereocenters. The second kappa shape index (κ2) is 7.20. The largest absolute Gasteiger partial charge is 0.361 e. The van der Waals surface area contributed by atoms with Crippen LogP contribution in [0, 0.1) is 0 Å². The third-order valence-corrected chi connectivity index (χ3v) is 11.6. The van der Waals surface area contributed by atoms with Crippen LogP contribution in [0.2, 0.25) is 0 Å². The molecule has 39 heavy (non-hydrogen) atoms. The molecule has 0 aromatic heterocycles. The number of aliphatic hydroxyl groups is 1. The highest BCUT2D eigenvalue weighted by atomic mass is 32.2. The van der Waals surface area contributed by atoms with Gasteiger partial charge in [0.1, 0.15) is 17.0 Å². The zero-order chi connectivity index (χ0) is 27.1. The molecule has 0 amide bonds. The van der Waals surface area contributed by atoms with Gasteiger partial charge in [-0.15, -0.1) is 0 Å². The Morgan fingerprint density at radius 3 is 2.49 bits per heavy atom. The highest BCUT2D eigenvalue weighted by Gasteiger charge is 2.91. The van der Waals surface area contributed by atoms with Crippen molar-refractivity contribution in [2.45, 2.75) is 73.0 Å². The van der Waals surface area contributed by atoms with E-state index in [1.165, 1.54) is 48.8 Å². The number of hydrogen-bond acceptors (Lipinski definition) is 4. The van der Waals surface area contributed by atoms with E-state index in [1.54, 1.807) is 7.11 Å². The fraction of sp³-hybridized carbons (Fsp3) is 0.353. The van der Waals surface area contributed by atoms with Gasteiger partial charge in [0, 0.05) is 17.6 Å². The lowest BCUT2D eigenvalue weighted by molar-refractivity contribution is -0.489. The standard InChI is InChI=1S/C34H33N2O2S/c1-31(2,3)21-13-14-23-20(17-21)11-15-24-26(23)29-28-27-22-10-8-7-9-19(22)12-16-25(27)39-30(28)35-18-36(29)33(5)32(24,4)34(33,37)38-6/h7-18,28,30,37H,1-6H3/q+1. The summed E-state index contributed by atoms with van der Waals surface area (Å²) in [5.74, 6) is -1.28. The van der Waals surface area contributed by atoms with Crippen molar-refractivity contribution >= 4 is 45.4 Å². The molecule has 1 saturated carbocycles. The third kappa shape index (κ3) is 2.56. The van der Waals surface area contributed by atoms with Crippen LogP contribution in [0.4, 0.5) is 0 Å². The minimum atomic E-state index is -1.35. The Morgan fingerprint density at radius 1 is 0.949 bits per heavy atom. The summed E-state index contributed by atoms with van der Waals surface area (Å²) in [6.45, 7) is 11.1. The third-order valence-electron chi connectivity index (χ3n) is 10.4. The molecule has 0 bridgehead atoms.